The molecule has 116 valence electrons. The van der Waals surface area contributed by atoms with Gasteiger partial charge in [0.25, 0.3) is 0 Å². The van der Waals surface area contributed by atoms with Gasteiger partial charge in [0.05, 0.1) is 18.5 Å². The van der Waals surface area contributed by atoms with Gasteiger partial charge >= 0.3 is 0 Å². The van der Waals surface area contributed by atoms with Crippen molar-refractivity contribution in [3.8, 4) is 5.75 Å². The highest BCUT2D eigenvalue weighted by Gasteiger charge is 2.08. The van der Waals surface area contributed by atoms with Crippen LogP contribution in [0.3, 0.4) is 0 Å². The SMILES string of the molecule is COc1ccccc1NC(=O)CCNc1ccc(F)cc1F. The molecule has 2 N–H and O–H groups in total. The highest BCUT2D eigenvalue weighted by Crippen LogP contribution is 2.23. The van der Waals surface area contributed by atoms with E-state index in [2.05, 4.69) is 10.6 Å². The summed E-state index contributed by atoms with van der Waals surface area (Å²) in [5.74, 6) is -1.00. The summed E-state index contributed by atoms with van der Waals surface area (Å²) in [5, 5.41) is 5.47. The maximum Gasteiger partial charge on any atom is 0.226 e. The van der Waals surface area contributed by atoms with Crippen LogP contribution in [0.15, 0.2) is 42.5 Å². The van der Waals surface area contributed by atoms with Crippen LogP contribution >= 0.6 is 0 Å². The average Bonchev–Trinajstić information content (AvgIpc) is 2.50. The van der Waals surface area contributed by atoms with Crippen LogP contribution in [0.1, 0.15) is 6.42 Å². The third kappa shape index (κ3) is 4.18. The third-order valence-electron chi connectivity index (χ3n) is 2.98. The Kier molecular flexibility index (Phi) is 5.30. The zero-order valence-electron chi connectivity index (χ0n) is 12.0. The smallest absolute Gasteiger partial charge is 0.226 e. The van der Waals surface area contributed by atoms with Gasteiger partial charge in [-0.3, -0.25) is 4.79 Å². The number of benzene rings is 2. The molecule has 0 aliphatic carbocycles. The summed E-state index contributed by atoms with van der Waals surface area (Å²) < 4.78 is 31.3. The highest BCUT2D eigenvalue weighted by molar-refractivity contribution is 5.92. The van der Waals surface area contributed by atoms with Gasteiger partial charge in [-0.15, -0.1) is 0 Å². The predicted molar refractivity (Wildman–Crippen MR) is 81.1 cm³/mol. The first-order valence-corrected chi connectivity index (χ1v) is 6.72. The van der Waals surface area contributed by atoms with E-state index in [1.54, 1.807) is 24.3 Å². The lowest BCUT2D eigenvalue weighted by atomic mass is 10.2. The molecule has 0 unspecified atom stereocenters. The Hall–Kier alpha value is -2.63. The van der Waals surface area contributed by atoms with Crippen LogP contribution in [0.2, 0.25) is 0 Å². The maximum absolute atomic E-state index is 13.4. The van der Waals surface area contributed by atoms with Crippen LogP contribution in [-0.4, -0.2) is 19.6 Å². The van der Waals surface area contributed by atoms with Gasteiger partial charge in [0.15, 0.2) is 0 Å². The number of hydrogen-bond acceptors (Lipinski definition) is 3. The molecule has 0 aliphatic rings. The topological polar surface area (TPSA) is 50.4 Å². The largest absolute Gasteiger partial charge is 0.495 e. The van der Waals surface area contributed by atoms with Gasteiger partial charge in [0.1, 0.15) is 17.4 Å². The monoisotopic (exact) mass is 306 g/mol. The molecule has 0 bridgehead atoms. The number of nitrogens with one attached hydrogen (secondary N) is 2. The number of anilines is 2. The molecule has 0 spiro atoms. The number of hydrogen-bond donors (Lipinski definition) is 2. The quantitative estimate of drug-likeness (QED) is 0.860. The van der Waals surface area contributed by atoms with E-state index in [1.807, 2.05) is 0 Å². The van der Waals surface area contributed by atoms with Crippen molar-refractivity contribution < 1.29 is 18.3 Å². The third-order valence-corrected chi connectivity index (χ3v) is 2.98. The number of methoxy groups -OCH3 is 1. The van der Waals surface area contributed by atoms with Crippen LogP contribution in [-0.2, 0) is 4.79 Å². The number of carbonyl (C=O) groups is 1. The summed E-state index contributed by atoms with van der Waals surface area (Å²) in [6.45, 7) is 0.226. The number of halogens is 2. The Morgan fingerprint density at radius 1 is 1.14 bits per heavy atom. The van der Waals surface area contributed by atoms with Gasteiger partial charge < -0.3 is 15.4 Å². The summed E-state index contributed by atoms with van der Waals surface area (Å²) in [6, 6.07) is 10.3. The second-order valence-electron chi connectivity index (χ2n) is 4.55. The zero-order chi connectivity index (χ0) is 15.9. The van der Waals surface area contributed by atoms with E-state index in [0.29, 0.717) is 11.4 Å². The van der Waals surface area contributed by atoms with Crippen LogP contribution in [0.4, 0.5) is 20.2 Å². The molecule has 2 aromatic carbocycles. The molecule has 2 rings (SSSR count). The van der Waals surface area contributed by atoms with E-state index in [9.17, 15) is 13.6 Å². The van der Waals surface area contributed by atoms with Crippen molar-refractivity contribution in [2.45, 2.75) is 6.42 Å². The Morgan fingerprint density at radius 2 is 1.91 bits per heavy atom. The van der Waals surface area contributed by atoms with E-state index in [0.717, 1.165) is 12.1 Å². The summed E-state index contributed by atoms with van der Waals surface area (Å²) in [7, 11) is 1.52. The minimum Gasteiger partial charge on any atom is -0.495 e. The number of para-hydroxylation sites is 2. The van der Waals surface area contributed by atoms with Crippen molar-refractivity contribution in [3.63, 3.8) is 0 Å². The molecule has 6 heteroatoms. The fourth-order valence-corrected chi connectivity index (χ4v) is 1.90. The first kappa shape index (κ1) is 15.8. The van der Waals surface area contributed by atoms with Crippen molar-refractivity contribution in [2.24, 2.45) is 0 Å². The summed E-state index contributed by atoms with van der Waals surface area (Å²) in [4.78, 5) is 11.8. The van der Waals surface area contributed by atoms with Crippen LogP contribution in [0, 0.1) is 11.6 Å². The minimum absolute atomic E-state index is 0.134. The lowest BCUT2D eigenvalue weighted by Crippen LogP contribution is -2.17. The van der Waals surface area contributed by atoms with Crippen molar-refractivity contribution in [2.75, 3.05) is 24.3 Å². The molecule has 0 fully saturated rings. The van der Waals surface area contributed by atoms with Gasteiger partial charge in [-0.05, 0) is 24.3 Å². The molecule has 22 heavy (non-hydrogen) atoms. The molecule has 0 saturated heterocycles. The highest BCUT2D eigenvalue weighted by atomic mass is 19.1. The maximum atomic E-state index is 13.4. The lowest BCUT2D eigenvalue weighted by Gasteiger charge is -2.10. The number of carbonyl (C=O) groups excluding carboxylic acids is 1. The summed E-state index contributed by atoms with van der Waals surface area (Å²) >= 11 is 0. The number of amides is 1. The molecular formula is C16H16F2N2O2. The summed E-state index contributed by atoms with van der Waals surface area (Å²) in [5.41, 5.74) is 0.731. The number of rotatable bonds is 6. The van der Waals surface area contributed by atoms with Gasteiger partial charge in [-0.25, -0.2) is 8.78 Å². The van der Waals surface area contributed by atoms with Crippen molar-refractivity contribution in [1.82, 2.24) is 0 Å². The van der Waals surface area contributed by atoms with E-state index >= 15 is 0 Å². The standard InChI is InChI=1S/C16H16F2N2O2/c1-22-15-5-3-2-4-14(15)20-16(21)8-9-19-13-7-6-11(17)10-12(13)18/h2-7,10,19H,8-9H2,1H3,(H,20,21). The molecular weight excluding hydrogens is 290 g/mol. The fourth-order valence-electron chi connectivity index (χ4n) is 1.90. The Bertz CT molecular complexity index is 662. The van der Waals surface area contributed by atoms with Gasteiger partial charge in [-0.1, -0.05) is 12.1 Å². The van der Waals surface area contributed by atoms with Crippen molar-refractivity contribution >= 4 is 17.3 Å². The molecule has 0 heterocycles. The van der Waals surface area contributed by atoms with E-state index in [-0.39, 0.29) is 24.6 Å². The Balaban J connectivity index is 1.85. The predicted octanol–water partition coefficient (Wildman–Crippen LogP) is 3.41. The fraction of sp³-hybridized carbons (Fsp3) is 0.188. The molecule has 0 radical (unpaired) electrons. The average molecular weight is 306 g/mol. The molecule has 1 amide bonds. The molecule has 0 aliphatic heterocycles. The molecule has 0 saturated carbocycles. The molecule has 0 atom stereocenters. The molecule has 2 aromatic rings. The van der Waals surface area contributed by atoms with Gasteiger partial charge in [0, 0.05) is 19.0 Å². The Labute approximate surface area is 127 Å². The normalized spacial score (nSPS) is 10.1. The zero-order valence-corrected chi connectivity index (χ0v) is 12.0. The van der Waals surface area contributed by atoms with Crippen molar-refractivity contribution in [1.29, 1.82) is 0 Å². The van der Waals surface area contributed by atoms with E-state index in [4.69, 9.17) is 4.74 Å². The van der Waals surface area contributed by atoms with Crippen LogP contribution in [0.5, 0.6) is 5.75 Å². The minimum atomic E-state index is -0.690. The molecule has 0 aromatic heterocycles. The first-order valence-electron chi connectivity index (χ1n) is 6.72. The summed E-state index contributed by atoms with van der Waals surface area (Å²) in [6.07, 6.45) is 0.134. The van der Waals surface area contributed by atoms with E-state index in [1.165, 1.54) is 13.2 Å². The lowest BCUT2D eigenvalue weighted by molar-refractivity contribution is -0.116. The molecule has 4 nitrogen and oxygen atoms in total. The van der Waals surface area contributed by atoms with Crippen LogP contribution in [0.25, 0.3) is 0 Å². The van der Waals surface area contributed by atoms with Gasteiger partial charge in [0.2, 0.25) is 5.91 Å². The van der Waals surface area contributed by atoms with Gasteiger partial charge in [-0.2, -0.15) is 0 Å². The number of ether oxygens (including phenoxy) is 1. The second kappa shape index (κ2) is 7.40. The van der Waals surface area contributed by atoms with Crippen molar-refractivity contribution in [3.05, 3.63) is 54.1 Å². The second-order valence-corrected chi connectivity index (χ2v) is 4.55. The first-order chi connectivity index (χ1) is 10.6. The van der Waals surface area contributed by atoms with Crippen LogP contribution < -0.4 is 15.4 Å². The Morgan fingerprint density at radius 3 is 2.64 bits per heavy atom. The van der Waals surface area contributed by atoms with E-state index < -0.39 is 11.6 Å².